The van der Waals surface area contributed by atoms with Crippen molar-refractivity contribution in [1.29, 1.82) is 0 Å². The molecule has 5 heteroatoms. The fourth-order valence-electron chi connectivity index (χ4n) is 2.88. The van der Waals surface area contributed by atoms with Crippen molar-refractivity contribution in [2.45, 2.75) is 6.54 Å². The van der Waals surface area contributed by atoms with Crippen LogP contribution in [0.4, 0.5) is 0 Å². The molecule has 0 heterocycles. The molecule has 0 spiro atoms. The van der Waals surface area contributed by atoms with E-state index in [2.05, 4.69) is 5.32 Å². The molecule has 0 atom stereocenters. The van der Waals surface area contributed by atoms with Crippen LogP contribution >= 0.6 is 11.6 Å². The predicted octanol–water partition coefficient (Wildman–Crippen LogP) is 5.11. The van der Waals surface area contributed by atoms with Crippen LogP contribution in [-0.2, 0) is 11.3 Å². The second-order valence-electron chi connectivity index (χ2n) is 6.32. The highest BCUT2D eigenvalue weighted by molar-refractivity contribution is 6.31. The van der Waals surface area contributed by atoms with Crippen LogP contribution < -0.4 is 14.8 Å². The van der Waals surface area contributed by atoms with E-state index in [9.17, 15) is 4.79 Å². The summed E-state index contributed by atoms with van der Waals surface area (Å²) >= 11 is 6.17. The Balaban J connectivity index is 1.88. The summed E-state index contributed by atoms with van der Waals surface area (Å²) in [5.74, 6) is 1.31. The van der Waals surface area contributed by atoms with Gasteiger partial charge in [0.25, 0.3) is 0 Å². The molecular weight excluding hydrogens is 386 g/mol. The van der Waals surface area contributed by atoms with E-state index in [1.807, 2.05) is 66.7 Å². The molecule has 0 radical (unpaired) electrons. The highest BCUT2D eigenvalue weighted by atomic mass is 35.5. The molecule has 3 rings (SSSR count). The van der Waals surface area contributed by atoms with Gasteiger partial charge in [-0.2, -0.15) is 0 Å². The summed E-state index contributed by atoms with van der Waals surface area (Å²) in [5, 5.41) is 3.53. The molecule has 29 heavy (non-hydrogen) atoms. The Kier molecular flexibility index (Phi) is 6.93. The summed E-state index contributed by atoms with van der Waals surface area (Å²) < 4.78 is 10.5. The molecule has 0 aliphatic carbocycles. The highest BCUT2D eigenvalue weighted by Gasteiger charge is 2.10. The Morgan fingerprint density at radius 1 is 0.862 bits per heavy atom. The predicted molar refractivity (Wildman–Crippen MR) is 116 cm³/mol. The summed E-state index contributed by atoms with van der Waals surface area (Å²) in [7, 11) is 3.24. The first-order chi connectivity index (χ1) is 14.1. The number of hydrogen-bond acceptors (Lipinski definition) is 3. The summed E-state index contributed by atoms with van der Waals surface area (Å²) in [6.45, 7) is 0.355. The van der Waals surface area contributed by atoms with E-state index in [0.717, 1.165) is 33.8 Å². The third-order valence-electron chi connectivity index (χ3n) is 4.49. The quantitative estimate of drug-likeness (QED) is 0.554. The van der Waals surface area contributed by atoms with Gasteiger partial charge in [-0.1, -0.05) is 54.1 Å². The van der Waals surface area contributed by atoms with Crippen LogP contribution in [0.25, 0.3) is 5.57 Å². The molecule has 1 N–H and O–H groups in total. The smallest absolute Gasteiger partial charge is 0.244 e. The van der Waals surface area contributed by atoms with Gasteiger partial charge in [-0.3, -0.25) is 4.79 Å². The Hall–Kier alpha value is -3.24. The van der Waals surface area contributed by atoms with Gasteiger partial charge in [-0.25, -0.2) is 0 Å². The van der Waals surface area contributed by atoms with Gasteiger partial charge in [-0.15, -0.1) is 0 Å². The zero-order valence-corrected chi connectivity index (χ0v) is 17.1. The average Bonchev–Trinajstić information content (AvgIpc) is 2.77. The lowest BCUT2D eigenvalue weighted by Crippen LogP contribution is -2.21. The number of methoxy groups -OCH3 is 2. The maximum atomic E-state index is 12.7. The van der Waals surface area contributed by atoms with Crippen LogP contribution in [0.1, 0.15) is 16.7 Å². The van der Waals surface area contributed by atoms with Crippen LogP contribution in [0.15, 0.2) is 78.9 Å². The van der Waals surface area contributed by atoms with Crippen molar-refractivity contribution < 1.29 is 14.3 Å². The number of benzene rings is 3. The summed E-state index contributed by atoms with van der Waals surface area (Å²) in [5.41, 5.74) is 3.48. The van der Waals surface area contributed by atoms with Gasteiger partial charge < -0.3 is 14.8 Å². The van der Waals surface area contributed by atoms with Crippen LogP contribution in [0.5, 0.6) is 11.5 Å². The second kappa shape index (κ2) is 9.80. The number of ether oxygens (including phenoxy) is 2. The maximum Gasteiger partial charge on any atom is 0.244 e. The molecule has 1 amide bonds. The van der Waals surface area contributed by atoms with E-state index in [-0.39, 0.29) is 5.91 Å². The fourth-order valence-corrected chi connectivity index (χ4v) is 3.08. The molecule has 0 aromatic heterocycles. The standard InChI is InChI=1S/C24H22ClNO3/c1-28-20-11-7-17(8-12-20)22(18-9-13-21(29-2)14-10-18)15-24(27)26-16-19-5-3-4-6-23(19)25/h3-15H,16H2,1-2H3,(H,26,27). The van der Waals surface area contributed by atoms with Crippen molar-refractivity contribution in [3.63, 3.8) is 0 Å². The van der Waals surface area contributed by atoms with Crippen molar-refractivity contribution in [2.75, 3.05) is 14.2 Å². The molecular formula is C24H22ClNO3. The molecule has 148 valence electrons. The number of hydrogen-bond donors (Lipinski definition) is 1. The van der Waals surface area contributed by atoms with Crippen molar-refractivity contribution in [3.8, 4) is 11.5 Å². The normalized spacial score (nSPS) is 10.2. The molecule has 4 nitrogen and oxygen atoms in total. The Morgan fingerprint density at radius 3 is 1.86 bits per heavy atom. The SMILES string of the molecule is COc1ccc(C(=CC(=O)NCc2ccccc2Cl)c2ccc(OC)cc2)cc1. The van der Waals surface area contributed by atoms with Gasteiger partial charge in [0.05, 0.1) is 14.2 Å². The summed E-state index contributed by atoms with van der Waals surface area (Å²) in [4.78, 5) is 12.7. The molecule has 0 saturated carbocycles. The number of rotatable bonds is 7. The number of nitrogens with one attached hydrogen (secondary N) is 1. The molecule has 0 saturated heterocycles. The van der Waals surface area contributed by atoms with Crippen molar-refractivity contribution >= 4 is 23.1 Å². The van der Waals surface area contributed by atoms with Crippen LogP contribution in [0.3, 0.4) is 0 Å². The van der Waals surface area contributed by atoms with Gasteiger partial charge in [0.2, 0.25) is 5.91 Å². The first-order valence-corrected chi connectivity index (χ1v) is 9.50. The minimum atomic E-state index is -0.202. The van der Waals surface area contributed by atoms with Crippen molar-refractivity contribution in [1.82, 2.24) is 5.32 Å². The first kappa shape index (κ1) is 20.5. The third-order valence-corrected chi connectivity index (χ3v) is 4.86. The monoisotopic (exact) mass is 407 g/mol. The topological polar surface area (TPSA) is 47.6 Å². The molecule has 3 aromatic rings. The Labute approximate surface area is 175 Å². The minimum absolute atomic E-state index is 0.202. The first-order valence-electron chi connectivity index (χ1n) is 9.12. The van der Waals surface area contributed by atoms with E-state index in [4.69, 9.17) is 21.1 Å². The van der Waals surface area contributed by atoms with Crippen LogP contribution in [0, 0.1) is 0 Å². The van der Waals surface area contributed by atoms with Gasteiger partial charge in [0.15, 0.2) is 0 Å². The zero-order valence-electron chi connectivity index (χ0n) is 16.3. The van der Waals surface area contributed by atoms with Crippen LogP contribution in [0.2, 0.25) is 5.02 Å². The molecule has 0 aliphatic heterocycles. The number of carbonyl (C=O) groups excluding carboxylic acids is 1. The molecule has 0 aliphatic rings. The third kappa shape index (κ3) is 5.39. The number of carbonyl (C=O) groups is 1. The van der Waals surface area contributed by atoms with Crippen molar-refractivity contribution in [2.24, 2.45) is 0 Å². The Bertz CT molecular complexity index is 946. The van der Waals surface area contributed by atoms with Gasteiger partial charge in [-0.05, 0) is 52.6 Å². The van der Waals surface area contributed by atoms with E-state index in [1.54, 1.807) is 26.4 Å². The molecule has 0 bridgehead atoms. The largest absolute Gasteiger partial charge is 0.497 e. The zero-order chi connectivity index (χ0) is 20.6. The minimum Gasteiger partial charge on any atom is -0.497 e. The molecule has 0 fully saturated rings. The summed E-state index contributed by atoms with van der Waals surface area (Å²) in [6.07, 6.45) is 1.60. The summed E-state index contributed by atoms with van der Waals surface area (Å²) in [6, 6.07) is 22.6. The lowest BCUT2D eigenvalue weighted by atomic mass is 9.97. The molecule has 3 aromatic carbocycles. The van der Waals surface area contributed by atoms with E-state index in [1.165, 1.54) is 0 Å². The number of amides is 1. The van der Waals surface area contributed by atoms with E-state index in [0.29, 0.717) is 11.6 Å². The van der Waals surface area contributed by atoms with Gasteiger partial charge >= 0.3 is 0 Å². The van der Waals surface area contributed by atoms with E-state index < -0.39 is 0 Å². The van der Waals surface area contributed by atoms with Crippen LogP contribution in [-0.4, -0.2) is 20.1 Å². The van der Waals surface area contributed by atoms with Gasteiger partial charge in [0.1, 0.15) is 11.5 Å². The Morgan fingerprint density at radius 2 is 1.38 bits per heavy atom. The second-order valence-corrected chi connectivity index (χ2v) is 6.73. The highest BCUT2D eigenvalue weighted by Crippen LogP contribution is 2.27. The maximum absolute atomic E-state index is 12.7. The van der Waals surface area contributed by atoms with Crippen molar-refractivity contribution in [3.05, 3.63) is 101 Å². The average molecular weight is 408 g/mol. The van der Waals surface area contributed by atoms with Gasteiger partial charge in [0, 0.05) is 17.6 Å². The number of halogens is 1. The lowest BCUT2D eigenvalue weighted by Gasteiger charge is -2.11. The fraction of sp³-hybridized carbons (Fsp3) is 0.125. The lowest BCUT2D eigenvalue weighted by molar-refractivity contribution is -0.116. The molecule has 0 unspecified atom stereocenters. The van der Waals surface area contributed by atoms with E-state index >= 15 is 0 Å².